The molecule has 1 aliphatic rings. The van der Waals surface area contributed by atoms with Gasteiger partial charge in [0.05, 0.1) is 22.9 Å². The molecule has 2 amide bonds. The summed E-state index contributed by atoms with van der Waals surface area (Å²) in [6.07, 6.45) is -5.24. The molecule has 0 spiro atoms. The molecule has 0 radical (unpaired) electrons. The van der Waals surface area contributed by atoms with Crippen LogP contribution in [0.2, 0.25) is 0 Å². The van der Waals surface area contributed by atoms with E-state index in [-0.39, 0.29) is 33.9 Å². The van der Waals surface area contributed by atoms with E-state index in [4.69, 9.17) is 0 Å². The number of amides is 2. The van der Waals surface area contributed by atoms with Crippen LogP contribution in [0.3, 0.4) is 0 Å². The maximum atomic E-state index is 13.8. The Kier molecular flexibility index (Phi) is 6.60. The highest BCUT2D eigenvalue weighted by molar-refractivity contribution is 6.43. The molecule has 1 saturated carbocycles. The predicted molar refractivity (Wildman–Crippen MR) is 124 cm³/mol. The normalized spacial score (nSPS) is 15.9. The van der Waals surface area contributed by atoms with Gasteiger partial charge in [-0.15, -0.1) is 5.10 Å². The third-order valence-corrected chi connectivity index (χ3v) is 6.68. The first-order chi connectivity index (χ1) is 18.0. The molecular weight excluding hydrogens is 534 g/mol. The number of halogens is 6. The lowest BCUT2D eigenvalue weighted by Gasteiger charge is -2.46. The number of rotatable bonds is 6. The summed E-state index contributed by atoms with van der Waals surface area (Å²) in [7, 11) is 2.90. The van der Waals surface area contributed by atoms with Crippen molar-refractivity contribution in [3.63, 3.8) is 0 Å². The van der Waals surface area contributed by atoms with Gasteiger partial charge in [0.2, 0.25) is 0 Å². The molecule has 1 aliphatic carbocycles. The zero-order valence-electron chi connectivity index (χ0n) is 21.0. The molecule has 9 nitrogen and oxygen atoms in total. The summed E-state index contributed by atoms with van der Waals surface area (Å²) < 4.78 is 83.0. The van der Waals surface area contributed by atoms with E-state index in [1.165, 1.54) is 43.4 Å². The average Bonchev–Trinajstić information content (AvgIpc) is 3.33. The van der Waals surface area contributed by atoms with Crippen molar-refractivity contribution in [2.24, 2.45) is 14.1 Å². The lowest BCUT2D eigenvalue weighted by molar-refractivity contribution is -0.148. The van der Waals surface area contributed by atoms with Crippen LogP contribution < -0.4 is 10.6 Å². The molecule has 1 fully saturated rings. The van der Waals surface area contributed by atoms with Crippen LogP contribution in [0, 0.1) is 19.7 Å². The standard InChI is InChI=1S/C24H22F6N6O3/c1-11-17(19(37)21(39)32-22(9-23(26,27)10-22)16-8-35(3)34-33-16)12(2)36(4)18(11)20(38)31-13-5-6-15(25)14(7-13)24(28,29)30/h5-8H,9-10H2,1-4H3,(H,31,38)(H,32,39). The minimum atomic E-state index is -5.00. The van der Waals surface area contributed by atoms with E-state index in [2.05, 4.69) is 20.9 Å². The molecule has 2 aromatic heterocycles. The number of benzene rings is 1. The maximum absolute atomic E-state index is 13.8. The quantitative estimate of drug-likeness (QED) is 0.273. The number of Topliss-reactive ketones (excluding diaryl/α,β-unsaturated/α-hetero) is 1. The minimum Gasteiger partial charge on any atom is -0.343 e. The highest BCUT2D eigenvalue weighted by Gasteiger charge is 2.60. The van der Waals surface area contributed by atoms with Crippen molar-refractivity contribution in [2.45, 2.75) is 44.3 Å². The van der Waals surface area contributed by atoms with E-state index < -0.39 is 59.5 Å². The number of aromatic nitrogens is 4. The fourth-order valence-electron chi connectivity index (χ4n) is 4.76. The number of nitrogens with zero attached hydrogens (tertiary/aromatic N) is 4. The van der Waals surface area contributed by atoms with Crippen LogP contribution in [0.25, 0.3) is 0 Å². The Bertz CT molecular complexity index is 1500. The summed E-state index contributed by atoms with van der Waals surface area (Å²) in [4.78, 5) is 39.2. The Hall–Kier alpha value is -4.17. The zero-order chi connectivity index (χ0) is 29.1. The van der Waals surface area contributed by atoms with Gasteiger partial charge in [0.1, 0.15) is 17.2 Å². The SMILES string of the molecule is Cc1c(C(=O)C(=O)NC2(c3cn(C)nn3)CC(F)(F)C2)c(C)n(C)c1C(=O)Nc1ccc(F)c(C(F)(F)F)c1. The highest BCUT2D eigenvalue weighted by atomic mass is 19.4. The molecule has 0 saturated heterocycles. The van der Waals surface area contributed by atoms with Gasteiger partial charge in [-0.2, -0.15) is 13.2 Å². The van der Waals surface area contributed by atoms with Crippen LogP contribution in [-0.4, -0.2) is 43.1 Å². The number of nitrogens with one attached hydrogen (secondary N) is 2. The van der Waals surface area contributed by atoms with Gasteiger partial charge in [-0.05, 0) is 37.6 Å². The Morgan fingerprint density at radius 3 is 2.26 bits per heavy atom. The number of carbonyl (C=O) groups excluding carboxylic acids is 3. The number of ketones is 1. The maximum Gasteiger partial charge on any atom is 0.419 e. The van der Waals surface area contributed by atoms with Crippen LogP contribution >= 0.6 is 0 Å². The number of carbonyl (C=O) groups is 3. The average molecular weight is 556 g/mol. The van der Waals surface area contributed by atoms with E-state index in [0.29, 0.717) is 12.1 Å². The van der Waals surface area contributed by atoms with Gasteiger partial charge in [-0.1, -0.05) is 5.21 Å². The first kappa shape index (κ1) is 27.9. The Labute approximate surface area is 217 Å². The van der Waals surface area contributed by atoms with Gasteiger partial charge < -0.3 is 15.2 Å². The molecule has 2 heterocycles. The largest absolute Gasteiger partial charge is 0.419 e. The fraction of sp³-hybridized carbons (Fsp3) is 0.375. The number of anilines is 1. The summed E-state index contributed by atoms with van der Waals surface area (Å²) >= 11 is 0. The lowest BCUT2D eigenvalue weighted by Crippen LogP contribution is -2.61. The second-order valence-electron chi connectivity index (χ2n) is 9.49. The first-order valence-corrected chi connectivity index (χ1v) is 11.4. The second-order valence-corrected chi connectivity index (χ2v) is 9.49. The van der Waals surface area contributed by atoms with E-state index in [1.54, 1.807) is 0 Å². The molecule has 2 N–H and O–H groups in total. The molecule has 0 unspecified atom stereocenters. The molecule has 0 bridgehead atoms. The van der Waals surface area contributed by atoms with Crippen molar-refractivity contribution < 1.29 is 40.7 Å². The molecule has 4 rings (SSSR count). The van der Waals surface area contributed by atoms with E-state index in [9.17, 15) is 40.7 Å². The number of alkyl halides is 5. The van der Waals surface area contributed by atoms with Gasteiger partial charge in [-0.25, -0.2) is 13.2 Å². The lowest BCUT2D eigenvalue weighted by atomic mass is 9.71. The van der Waals surface area contributed by atoms with Crippen LogP contribution in [0.1, 0.15) is 56.2 Å². The molecular formula is C24H22F6N6O3. The molecule has 0 aliphatic heterocycles. The van der Waals surface area contributed by atoms with Crippen LogP contribution in [0.4, 0.5) is 32.0 Å². The molecule has 3 aromatic rings. The summed E-state index contributed by atoms with van der Waals surface area (Å²) in [6, 6.07) is 1.92. The minimum absolute atomic E-state index is 0.0262. The smallest absolute Gasteiger partial charge is 0.343 e. The Morgan fingerprint density at radius 1 is 1.08 bits per heavy atom. The monoisotopic (exact) mass is 556 g/mol. The van der Waals surface area contributed by atoms with Crippen LogP contribution in [-0.2, 0) is 30.6 Å². The highest BCUT2D eigenvalue weighted by Crippen LogP contribution is 2.51. The van der Waals surface area contributed by atoms with Gasteiger partial charge >= 0.3 is 6.18 Å². The molecule has 1 aromatic carbocycles. The van der Waals surface area contributed by atoms with Crippen molar-refractivity contribution in [1.82, 2.24) is 24.9 Å². The summed E-state index contributed by atoms with van der Waals surface area (Å²) in [5, 5.41) is 12.1. The zero-order valence-corrected chi connectivity index (χ0v) is 21.0. The summed E-state index contributed by atoms with van der Waals surface area (Å²) in [6.45, 7) is 2.78. The third kappa shape index (κ3) is 5.00. The molecule has 39 heavy (non-hydrogen) atoms. The second kappa shape index (κ2) is 9.24. The topological polar surface area (TPSA) is 111 Å². The van der Waals surface area contributed by atoms with Crippen molar-refractivity contribution in [3.05, 3.63) is 64.0 Å². The molecule has 208 valence electrons. The Morgan fingerprint density at radius 2 is 1.72 bits per heavy atom. The number of hydrogen-bond donors (Lipinski definition) is 2. The van der Waals surface area contributed by atoms with E-state index in [1.807, 2.05) is 0 Å². The van der Waals surface area contributed by atoms with Crippen LogP contribution in [0.15, 0.2) is 24.4 Å². The summed E-state index contributed by atoms with van der Waals surface area (Å²) in [5.41, 5.74) is -3.65. The van der Waals surface area contributed by atoms with Crippen molar-refractivity contribution >= 4 is 23.3 Å². The fourth-order valence-corrected chi connectivity index (χ4v) is 4.76. The number of aryl methyl sites for hydroxylation is 1. The molecule has 0 atom stereocenters. The number of hydrogen-bond acceptors (Lipinski definition) is 5. The van der Waals surface area contributed by atoms with Crippen molar-refractivity contribution in [3.8, 4) is 0 Å². The predicted octanol–water partition coefficient (Wildman–Crippen LogP) is 3.80. The van der Waals surface area contributed by atoms with Crippen molar-refractivity contribution in [1.29, 1.82) is 0 Å². The van der Waals surface area contributed by atoms with Crippen LogP contribution in [0.5, 0.6) is 0 Å². The van der Waals surface area contributed by atoms with Gasteiger partial charge in [0.25, 0.3) is 23.5 Å². The summed E-state index contributed by atoms with van der Waals surface area (Å²) in [5.74, 6) is -7.86. The van der Waals surface area contributed by atoms with Gasteiger partial charge in [0.15, 0.2) is 0 Å². The first-order valence-electron chi connectivity index (χ1n) is 11.4. The van der Waals surface area contributed by atoms with E-state index in [0.717, 1.165) is 6.07 Å². The van der Waals surface area contributed by atoms with Crippen molar-refractivity contribution in [2.75, 3.05) is 5.32 Å². The van der Waals surface area contributed by atoms with Gasteiger partial charge in [0, 0.05) is 38.3 Å². The Balaban J connectivity index is 1.61. The third-order valence-electron chi connectivity index (χ3n) is 6.68. The van der Waals surface area contributed by atoms with Gasteiger partial charge in [-0.3, -0.25) is 19.1 Å². The van der Waals surface area contributed by atoms with E-state index >= 15 is 0 Å². The molecule has 15 heteroatoms.